The molecular weight excluding hydrogens is 440 g/mol. The minimum atomic E-state index is -0.491. The van der Waals surface area contributed by atoms with Crippen LogP contribution in [-0.4, -0.2) is 16.9 Å². The lowest BCUT2D eigenvalue weighted by Crippen LogP contribution is -2.05. The van der Waals surface area contributed by atoms with Crippen LogP contribution in [0.1, 0.15) is 16.7 Å². The van der Waals surface area contributed by atoms with Crippen LogP contribution in [0.2, 0.25) is 5.02 Å². The van der Waals surface area contributed by atoms with Gasteiger partial charge in [0.15, 0.2) is 5.70 Å². The van der Waals surface area contributed by atoms with Crippen LogP contribution < -0.4 is 0 Å². The Morgan fingerprint density at radius 2 is 1.75 bits per heavy atom. The van der Waals surface area contributed by atoms with Crippen LogP contribution in [0, 0.1) is 6.92 Å². The van der Waals surface area contributed by atoms with Crippen molar-refractivity contribution in [2.75, 3.05) is 0 Å². The molecule has 0 fully saturated rings. The van der Waals surface area contributed by atoms with Crippen molar-refractivity contribution >= 4 is 52.2 Å². The number of hydrogen-bond acceptors (Lipinski definition) is 5. The topological polar surface area (TPSA) is 51.5 Å². The number of aliphatic imine (C=N–C) groups is 1. The summed E-state index contributed by atoms with van der Waals surface area (Å²) in [5.74, 6) is -0.228. The quantitative estimate of drug-likeness (QED) is 0.253. The normalized spacial score (nSPS) is 14.6. The lowest BCUT2D eigenvalue weighted by molar-refractivity contribution is -0.129. The standard InChI is InChI=1S/C26H17ClN2O2S/c1-16-7-8-18-14-19(25(29-22(18)13-16)32-21-5-3-2-4-6-21)15-23-26(30)31-24(28-23)17-9-11-20(27)12-10-17/h2-15H,1H3. The van der Waals surface area contributed by atoms with E-state index < -0.39 is 5.97 Å². The van der Waals surface area contributed by atoms with E-state index in [1.807, 2.05) is 55.5 Å². The number of carbonyl (C=O) groups excluding carboxylic acids is 1. The first-order chi connectivity index (χ1) is 15.5. The molecule has 0 spiro atoms. The molecule has 6 heteroatoms. The Balaban J connectivity index is 1.59. The number of aryl methyl sites for hydroxylation is 1. The van der Waals surface area contributed by atoms with Crippen LogP contribution >= 0.6 is 23.4 Å². The molecule has 4 nitrogen and oxygen atoms in total. The molecule has 2 heterocycles. The Hall–Kier alpha value is -3.41. The number of rotatable bonds is 4. The number of fused-ring (bicyclic) bond motifs is 1. The molecular formula is C26H17ClN2O2S. The molecule has 0 radical (unpaired) electrons. The first-order valence-corrected chi connectivity index (χ1v) is 11.2. The minimum absolute atomic E-state index is 0.234. The summed E-state index contributed by atoms with van der Waals surface area (Å²) in [6.45, 7) is 2.04. The lowest BCUT2D eigenvalue weighted by atomic mass is 10.1. The molecule has 1 aliphatic heterocycles. The van der Waals surface area contributed by atoms with Crippen molar-refractivity contribution in [1.82, 2.24) is 4.98 Å². The van der Waals surface area contributed by atoms with Crippen LogP contribution in [0.25, 0.3) is 17.0 Å². The van der Waals surface area contributed by atoms with Gasteiger partial charge in [0, 0.05) is 26.4 Å². The Morgan fingerprint density at radius 3 is 2.53 bits per heavy atom. The van der Waals surface area contributed by atoms with E-state index in [1.54, 1.807) is 42.1 Å². The molecule has 1 aromatic heterocycles. The first kappa shape index (κ1) is 20.5. The second-order valence-corrected chi connectivity index (χ2v) is 8.84. The molecule has 156 valence electrons. The molecule has 4 aromatic rings. The Morgan fingerprint density at radius 1 is 0.969 bits per heavy atom. The molecule has 3 aromatic carbocycles. The van der Waals surface area contributed by atoms with Gasteiger partial charge >= 0.3 is 5.97 Å². The summed E-state index contributed by atoms with van der Waals surface area (Å²) in [5, 5.41) is 2.40. The van der Waals surface area contributed by atoms with E-state index in [4.69, 9.17) is 21.3 Å². The maximum absolute atomic E-state index is 12.5. The zero-order chi connectivity index (χ0) is 22.1. The third kappa shape index (κ3) is 4.31. The zero-order valence-electron chi connectivity index (χ0n) is 17.1. The second kappa shape index (κ2) is 8.61. The van der Waals surface area contributed by atoms with Gasteiger partial charge in [0.2, 0.25) is 5.90 Å². The summed E-state index contributed by atoms with van der Waals surface area (Å²) >= 11 is 7.50. The molecule has 0 bridgehead atoms. The van der Waals surface area contributed by atoms with Crippen molar-refractivity contribution in [3.8, 4) is 0 Å². The summed E-state index contributed by atoms with van der Waals surface area (Å²) in [7, 11) is 0. The van der Waals surface area contributed by atoms with E-state index >= 15 is 0 Å². The maximum atomic E-state index is 12.5. The highest BCUT2D eigenvalue weighted by Crippen LogP contribution is 2.33. The van der Waals surface area contributed by atoms with Crippen molar-refractivity contribution in [3.05, 3.63) is 106 Å². The molecule has 0 saturated carbocycles. The highest BCUT2D eigenvalue weighted by Gasteiger charge is 2.24. The van der Waals surface area contributed by atoms with Gasteiger partial charge in [0.25, 0.3) is 0 Å². The summed E-state index contributed by atoms with van der Waals surface area (Å²) in [6, 6.07) is 25.2. The smallest absolute Gasteiger partial charge is 0.363 e. The van der Waals surface area contributed by atoms with E-state index in [-0.39, 0.29) is 11.6 Å². The van der Waals surface area contributed by atoms with Crippen molar-refractivity contribution in [3.63, 3.8) is 0 Å². The van der Waals surface area contributed by atoms with Crippen LogP contribution in [0.4, 0.5) is 0 Å². The largest absolute Gasteiger partial charge is 0.402 e. The molecule has 0 atom stereocenters. The number of esters is 1. The third-order valence-corrected chi connectivity index (χ3v) is 6.21. The van der Waals surface area contributed by atoms with Crippen molar-refractivity contribution in [2.45, 2.75) is 16.8 Å². The van der Waals surface area contributed by atoms with E-state index in [2.05, 4.69) is 11.1 Å². The number of carbonyl (C=O) groups is 1. The van der Waals surface area contributed by atoms with Gasteiger partial charge in [-0.2, -0.15) is 0 Å². The molecule has 0 saturated heterocycles. The molecule has 0 amide bonds. The molecule has 32 heavy (non-hydrogen) atoms. The van der Waals surface area contributed by atoms with Crippen LogP contribution in [0.3, 0.4) is 0 Å². The summed E-state index contributed by atoms with van der Waals surface area (Å²) in [5.41, 5.74) is 3.78. The molecule has 5 rings (SSSR count). The molecule has 1 aliphatic rings. The molecule has 0 unspecified atom stereocenters. The van der Waals surface area contributed by atoms with Gasteiger partial charge in [0.05, 0.1) is 5.52 Å². The van der Waals surface area contributed by atoms with E-state index in [9.17, 15) is 4.79 Å². The predicted octanol–water partition coefficient (Wildman–Crippen LogP) is 6.69. The van der Waals surface area contributed by atoms with E-state index in [0.29, 0.717) is 10.6 Å². The summed E-state index contributed by atoms with van der Waals surface area (Å²) < 4.78 is 5.41. The lowest BCUT2D eigenvalue weighted by Gasteiger charge is -2.08. The van der Waals surface area contributed by atoms with Crippen LogP contribution in [0.5, 0.6) is 0 Å². The minimum Gasteiger partial charge on any atom is -0.402 e. The second-order valence-electron chi connectivity index (χ2n) is 7.34. The Bertz CT molecular complexity index is 1400. The number of pyridine rings is 1. The van der Waals surface area contributed by atoms with Gasteiger partial charge in [0.1, 0.15) is 5.03 Å². The number of aromatic nitrogens is 1. The van der Waals surface area contributed by atoms with Gasteiger partial charge in [-0.25, -0.2) is 14.8 Å². The SMILES string of the molecule is Cc1ccc2cc(C=C3N=C(c4ccc(Cl)cc4)OC3=O)c(Sc3ccccc3)nc2c1. The molecule has 0 N–H and O–H groups in total. The predicted molar refractivity (Wildman–Crippen MR) is 129 cm³/mol. The number of nitrogens with zero attached hydrogens (tertiary/aromatic N) is 2. The number of cyclic esters (lactones) is 1. The zero-order valence-corrected chi connectivity index (χ0v) is 18.7. The van der Waals surface area contributed by atoms with Crippen molar-refractivity contribution < 1.29 is 9.53 Å². The van der Waals surface area contributed by atoms with E-state index in [0.717, 1.165) is 32.0 Å². The third-order valence-electron chi connectivity index (χ3n) is 4.93. The Labute approximate surface area is 194 Å². The van der Waals surface area contributed by atoms with Crippen LogP contribution in [0.15, 0.2) is 99.5 Å². The number of hydrogen-bond donors (Lipinski definition) is 0. The van der Waals surface area contributed by atoms with Crippen molar-refractivity contribution in [2.24, 2.45) is 4.99 Å². The van der Waals surface area contributed by atoms with Gasteiger partial charge in [-0.15, -0.1) is 0 Å². The summed E-state index contributed by atoms with van der Waals surface area (Å²) in [6.07, 6.45) is 1.74. The van der Waals surface area contributed by atoms with Gasteiger partial charge in [-0.3, -0.25) is 0 Å². The van der Waals surface area contributed by atoms with E-state index in [1.165, 1.54) is 0 Å². The van der Waals surface area contributed by atoms with Gasteiger partial charge < -0.3 is 4.74 Å². The first-order valence-electron chi connectivity index (χ1n) is 9.98. The fourth-order valence-corrected chi connectivity index (χ4v) is 4.36. The fourth-order valence-electron chi connectivity index (χ4n) is 3.33. The maximum Gasteiger partial charge on any atom is 0.363 e. The summed E-state index contributed by atoms with van der Waals surface area (Å²) in [4.78, 5) is 22.9. The Kier molecular flexibility index (Phi) is 5.52. The molecule has 0 aliphatic carbocycles. The van der Waals surface area contributed by atoms with Gasteiger partial charge in [-0.05, 0) is 67.1 Å². The van der Waals surface area contributed by atoms with Gasteiger partial charge in [-0.1, -0.05) is 53.7 Å². The average molecular weight is 457 g/mol. The van der Waals surface area contributed by atoms with Crippen molar-refractivity contribution in [1.29, 1.82) is 0 Å². The number of halogens is 1. The number of ether oxygens (including phenoxy) is 1. The highest BCUT2D eigenvalue weighted by atomic mass is 35.5. The monoisotopic (exact) mass is 456 g/mol. The average Bonchev–Trinajstić information content (AvgIpc) is 3.15. The fraction of sp³-hybridized carbons (Fsp3) is 0.0385. The van der Waals surface area contributed by atoms with Crippen LogP contribution in [-0.2, 0) is 9.53 Å². The highest BCUT2D eigenvalue weighted by molar-refractivity contribution is 7.99. The number of benzene rings is 3.